The van der Waals surface area contributed by atoms with Gasteiger partial charge in [0.2, 0.25) is 0 Å². The number of carboxylic acid groups (broad SMARTS) is 1. The van der Waals surface area contributed by atoms with Gasteiger partial charge in [0.05, 0.1) is 5.41 Å². The molecule has 0 aliphatic heterocycles. The molecule has 3 rings (SSSR count). The minimum Gasteiger partial charge on any atom is -0.481 e. The average molecular weight is 266 g/mol. The fourth-order valence-corrected chi connectivity index (χ4v) is 3.99. The Morgan fingerprint density at radius 2 is 2.33 bits per heavy atom. The first-order valence-electron chi connectivity index (χ1n) is 6.44. The predicted molar refractivity (Wildman–Crippen MR) is 68.5 cm³/mol. The van der Waals surface area contributed by atoms with E-state index in [1.54, 1.807) is 12.3 Å². The first-order chi connectivity index (χ1) is 8.60. The Hall–Kier alpha value is -1.09. The number of hydrogen-bond donors (Lipinski definition) is 1. The van der Waals surface area contributed by atoms with Crippen LogP contribution in [0.5, 0.6) is 0 Å². The van der Waals surface area contributed by atoms with Gasteiger partial charge in [-0.2, -0.15) is 0 Å². The maximum atomic E-state index is 11.7. The number of aromatic nitrogens is 1. The fraction of sp³-hybridized carbons (Fsp3) is 0.571. The molecule has 0 saturated heterocycles. The van der Waals surface area contributed by atoms with Crippen molar-refractivity contribution in [1.82, 2.24) is 4.98 Å². The van der Waals surface area contributed by atoms with Gasteiger partial charge < -0.3 is 5.11 Å². The predicted octanol–water partition coefficient (Wildman–Crippen LogP) is 3.17. The molecule has 2 saturated carbocycles. The molecule has 1 aromatic rings. The van der Waals surface area contributed by atoms with E-state index in [-0.39, 0.29) is 0 Å². The molecule has 3 atom stereocenters. The van der Waals surface area contributed by atoms with Gasteiger partial charge in [0.25, 0.3) is 0 Å². The molecular formula is C14H16ClNO2. The summed E-state index contributed by atoms with van der Waals surface area (Å²) in [7, 11) is 0. The normalized spacial score (nSPS) is 33.8. The van der Waals surface area contributed by atoms with Gasteiger partial charge in [0.1, 0.15) is 5.15 Å². The highest BCUT2D eigenvalue weighted by atomic mass is 35.5. The molecule has 2 bridgehead atoms. The Bertz CT molecular complexity index is 473. The van der Waals surface area contributed by atoms with Crippen LogP contribution in [0.2, 0.25) is 5.15 Å². The minimum absolute atomic E-state index is 0.343. The van der Waals surface area contributed by atoms with E-state index in [1.807, 2.05) is 6.07 Å². The van der Waals surface area contributed by atoms with Crippen LogP contribution in [0.25, 0.3) is 0 Å². The first-order valence-corrected chi connectivity index (χ1v) is 6.82. The van der Waals surface area contributed by atoms with E-state index < -0.39 is 11.4 Å². The molecule has 2 aliphatic rings. The zero-order valence-corrected chi connectivity index (χ0v) is 10.9. The van der Waals surface area contributed by atoms with E-state index in [0.717, 1.165) is 24.8 Å². The fourth-order valence-electron chi connectivity index (χ4n) is 3.87. The van der Waals surface area contributed by atoms with Crippen LogP contribution < -0.4 is 0 Å². The first kappa shape index (κ1) is 12.0. The van der Waals surface area contributed by atoms with Crippen LogP contribution in [0.4, 0.5) is 0 Å². The molecule has 1 aromatic heterocycles. The molecule has 1 N–H and O–H groups in total. The van der Waals surface area contributed by atoms with Crippen LogP contribution in [0.3, 0.4) is 0 Å². The Morgan fingerprint density at radius 1 is 1.50 bits per heavy atom. The minimum atomic E-state index is -0.635. The summed E-state index contributed by atoms with van der Waals surface area (Å²) in [4.78, 5) is 15.8. The van der Waals surface area contributed by atoms with Gasteiger partial charge in [0, 0.05) is 6.20 Å². The van der Waals surface area contributed by atoms with Crippen LogP contribution in [-0.4, -0.2) is 16.1 Å². The third-order valence-corrected chi connectivity index (χ3v) is 4.93. The third kappa shape index (κ3) is 1.81. The maximum absolute atomic E-state index is 11.7. The second-order valence-electron chi connectivity index (χ2n) is 5.71. The molecule has 0 spiro atoms. The van der Waals surface area contributed by atoms with Crippen molar-refractivity contribution >= 4 is 17.6 Å². The number of hydrogen-bond acceptors (Lipinski definition) is 2. The molecule has 3 unspecified atom stereocenters. The average Bonchev–Trinajstić information content (AvgIpc) is 2.93. The summed E-state index contributed by atoms with van der Waals surface area (Å²) in [6, 6.07) is 3.63. The van der Waals surface area contributed by atoms with Crippen LogP contribution in [0, 0.1) is 17.3 Å². The number of aliphatic carboxylic acids is 1. The zero-order valence-electron chi connectivity index (χ0n) is 10.1. The SMILES string of the molecule is O=C(O)C1(Cc2ccc(Cl)nc2)CC2CCC1C2. The number of rotatable bonds is 3. The highest BCUT2D eigenvalue weighted by Gasteiger charge is 2.55. The molecule has 96 valence electrons. The highest BCUT2D eigenvalue weighted by Crippen LogP contribution is 2.57. The van der Waals surface area contributed by atoms with E-state index in [0.29, 0.717) is 23.4 Å². The summed E-state index contributed by atoms with van der Waals surface area (Å²) in [5.74, 6) is 0.326. The molecule has 18 heavy (non-hydrogen) atoms. The van der Waals surface area contributed by atoms with Crippen molar-refractivity contribution in [2.24, 2.45) is 17.3 Å². The molecule has 0 aromatic carbocycles. The third-order valence-electron chi connectivity index (χ3n) is 4.71. The van der Waals surface area contributed by atoms with Crippen molar-refractivity contribution in [2.75, 3.05) is 0 Å². The van der Waals surface area contributed by atoms with Gasteiger partial charge in [-0.05, 0) is 49.1 Å². The zero-order chi connectivity index (χ0) is 12.8. The molecule has 2 aliphatic carbocycles. The highest BCUT2D eigenvalue weighted by molar-refractivity contribution is 6.29. The number of halogens is 1. The van der Waals surface area contributed by atoms with Crippen LogP contribution in [0.15, 0.2) is 18.3 Å². The largest absolute Gasteiger partial charge is 0.481 e. The standard InChI is InChI=1S/C14H16ClNO2/c15-12-4-2-10(8-16-12)7-14(13(17)18)6-9-1-3-11(14)5-9/h2,4,8-9,11H,1,3,5-7H2,(H,17,18). The van der Waals surface area contributed by atoms with E-state index in [9.17, 15) is 9.90 Å². The number of pyridine rings is 1. The number of fused-ring (bicyclic) bond motifs is 2. The van der Waals surface area contributed by atoms with Crippen molar-refractivity contribution in [1.29, 1.82) is 0 Å². The van der Waals surface area contributed by atoms with Crippen molar-refractivity contribution in [3.8, 4) is 0 Å². The summed E-state index contributed by atoms with van der Waals surface area (Å²) in [6.07, 6.45) is 6.49. The Labute approximate surface area is 111 Å². The van der Waals surface area contributed by atoms with Gasteiger partial charge in [-0.25, -0.2) is 4.98 Å². The summed E-state index contributed by atoms with van der Waals surface area (Å²) in [5.41, 5.74) is 0.424. The molecule has 2 fully saturated rings. The van der Waals surface area contributed by atoms with E-state index in [4.69, 9.17) is 11.6 Å². The molecule has 1 heterocycles. The van der Waals surface area contributed by atoms with Crippen LogP contribution in [-0.2, 0) is 11.2 Å². The second-order valence-corrected chi connectivity index (χ2v) is 6.09. The number of carbonyl (C=O) groups is 1. The Kier molecular flexibility index (Phi) is 2.81. The topological polar surface area (TPSA) is 50.2 Å². The van der Waals surface area contributed by atoms with Crippen molar-refractivity contribution in [2.45, 2.75) is 32.1 Å². The lowest BCUT2D eigenvalue weighted by Gasteiger charge is -2.33. The molecular weight excluding hydrogens is 250 g/mol. The van der Waals surface area contributed by atoms with Crippen molar-refractivity contribution < 1.29 is 9.90 Å². The second kappa shape index (κ2) is 4.23. The van der Waals surface area contributed by atoms with Crippen molar-refractivity contribution in [3.63, 3.8) is 0 Å². The number of carboxylic acids is 1. The maximum Gasteiger partial charge on any atom is 0.310 e. The summed E-state index contributed by atoms with van der Waals surface area (Å²) >= 11 is 5.76. The molecule has 4 heteroatoms. The van der Waals surface area contributed by atoms with Crippen LogP contribution >= 0.6 is 11.6 Å². The summed E-state index contributed by atoms with van der Waals surface area (Å²) in [6.45, 7) is 0. The van der Waals surface area contributed by atoms with E-state index in [1.165, 1.54) is 6.42 Å². The van der Waals surface area contributed by atoms with E-state index >= 15 is 0 Å². The number of nitrogens with zero attached hydrogens (tertiary/aromatic N) is 1. The van der Waals surface area contributed by atoms with Gasteiger partial charge in [-0.1, -0.05) is 24.1 Å². The lowest BCUT2D eigenvalue weighted by atomic mass is 9.69. The monoisotopic (exact) mass is 265 g/mol. The summed E-state index contributed by atoms with van der Waals surface area (Å²) in [5, 5.41) is 10.1. The van der Waals surface area contributed by atoms with Crippen molar-refractivity contribution in [3.05, 3.63) is 29.0 Å². The van der Waals surface area contributed by atoms with Gasteiger partial charge in [-0.15, -0.1) is 0 Å². The van der Waals surface area contributed by atoms with Crippen LogP contribution in [0.1, 0.15) is 31.2 Å². The Morgan fingerprint density at radius 3 is 2.83 bits per heavy atom. The molecule has 0 amide bonds. The van der Waals surface area contributed by atoms with Gasteiger partial charge in [-0.3, -0.25) is 4.79 Å². The lowest BCUT2D eigenvalue weighted by Crippen LogP contribution is -2.38. The summed E-state index contributed by atoms with van der Waals surface area (Å²) < 4.78 is 0. The molecule has 0 radical (unpaired) electrons. The van der Waals surface area contributed by atoms with E-state index in [2.05, 4.69) is 4.98 Å². The van der Waals surface area contributed by atoms with Gasteiger partial charge in [0.15, 0.2) is 0 Å². The van der Waals surface area contributed by atoms with Gasteiger partial charge >= 0.3 is 5.97 Å². The Balaban J connectivity index is 1.88. The quantitative estimate of drug-likeness (QED) is 0.854. The smallest absolute Gasteiger partial charge is 0.310 e. The molecule has 3 nitrogen and oxygen atoms in total. The lowest BCUT2D eigenvalue weighted by molar-refractivity contribution is -0.152.